The van der Waals surface area contributed by atoms with E-state index in [2.05, 4.69) is 21.3 Å². The van der Waals surface area contributed by atoms with E-state index in [4.69, 9.17) is 11.6 Å². The summed E-state index contributed by atoms with van der Waals surface area (Å²) in [7, 11) is 0. The van der Waals surface area contributed by atoms with Gasteiger partial charge in [0.15, 0.2) is 0 Å². The molecule has 0 spiro atoms. The van der Waals surface area contributed by atoms with Gasteiger partial charge in [0.05, 0.1) is 23.7 Å². The van der Waals surface area contributed by atoms with Crippen molar-refractivity contribution in [1.29, 1.82) is 0 Å². The third kappa shape index (κ3) is 8.21. The summed E-state index contributed by atoms with van der Waals surface area (Å²) in [4.78, 5) is 62.7. The molecule has 1 saturated carbocycles. The molecule has 0 aromatic heterocycles. The van der Waals surface area contributed by atoms with Crippen LogP contribution in [0, 0.1) is 5.92 Å². The summed E-state index contributed by atoms with van der Waals surface area (Å²) >= 11 is 5.98. The van der Waals surface area contributed by atoms with Crippen molar-refractivity contribution >= 4 is 46.7 Å². The van der Waals surface area contributed by atoms with E-state index in [0.29, 0.717) is 19.4 Å². The molecule has 0 radical (unpaired) electrons. The topological polar surface area (TPSA) is 133 Å². The lowest BCUT2D eigenvalue weighted by Crippen LogP contribution is -2.50. The second kappa shape index (κ2) is 11.7. The number of carbonyl (C=O) groups is 5. The van der Waals surface area contributed by atoms with Gasteiger partial charge >= 0.3 is 6.18 Å². The van der Waals surface area contributed by atoms with Crippen molar-refractivity contribution in [2.45, 2.75) is 63.2 Å². The fourth-order valence-electron chi connectivity index (χ4n) is 3.74. The first-order valence-electron chi connectivity index (χ1n) is 11.5. The molecule has 1 aromatic rings. The average Bonchev–Trinajstić information content (AvgIpc) is 3.62. The van der Waals surface area contributed by atoms with E-state index in [-0.39, 0.29) is 34.6 Å². The van der Waals surface area contributed by atoms with Gasteiger partial charge in [0.1, 0.15) is 0 Å². The zero-order chi connectivity index (χ0) is 26.5. The molecular formula is C23H26ClF3N4O5. The lowest BCUT2D eigenvalue weighted by Gasteiger charge is -2.26. The van der Waals surface area contributed by atoms with Gasteiger partial charge in [0.2, 0.25) is 17.6 Å². The first kappa shape index (κ1) is 27.4. The Kier molecular flexibility index (Phi) is 8.93. The molecule has 3 rings (SSSR count). The third-order valence-corrected chi connectivity index (χ3v) is 6.05. The van der Waals surface area contributed by atoms with E-state index in [9.17, 15) is 37.1 Å². The minimum absolute atomic E-state index is 0.0921. The Bertz CT molecular complexity index is 1050. The average molecular weight is 531 g/mol. The van der Waals surface area contributed by atoms with Crippen LogP contribution in [0.1, 0.15) is 55.3 Å². The zero-order valence-corrected chi connectivity index (χ0v) is 19.9. The fraction of sp³-hybridized carbons (Fsp3) is 0.522. The van der Waals surface area contributed by atoms with E-state index in [0.717, 1.165) is 12.8 Å². The third-order valence-electron chi connectivity index (χ3n) is 5.81. The minimum Gasteiger partial charge on any atom is -0.356 e. The van der Waals surface area contributed by atoms with Crippen molar-refractivity contribution in [2.24, 2.45) is 5.92 Å². The van der Waals surface area contributed by atoms with E-state index in [1.807, 2.05) is 0 Å². The van der Waals surface area contributed by atoms with Crippen LogP contribution in [0.4, 0.5) is 18.9 Å². The molecule has 0 bridgehead atoms. The van der Waals surface area contributed by atoms with E-state index >= 15 is 0 Å². The highest BCUT2D eigenvalue weighted by Gasteiger charge is 2.36. The molecule has 36 heavy (non-hydrogen) atoms. The number of piperidine rings is 1. The van der Waals surface area contributed by atoms with Crippen molar-refractivity contribution < 1.29 is 37.1 Å². The summed E-state index contributed by atoms with van der Waals surface area (Å²) in [5.74, 6) is -4.58. The van der Waals surface area contributed by atoms with Crippen LogP contribution >= 0.6 is 11.6 Å². The molecule has 9 nitrogen and oxygen atoms in total. The molecule has 4 N–H and O–H groups in total. The maximum atomic E-state index is 13.1. The molecule has 1 heterocycles. The number of amides is 4. The molecule has 1 aliphatic heterocycles. The largest absolute Gasteiger partial charge is 0.389 e. The smallest absolute Gasteiger partial charge is 0.356 e. The summed E-state index contributed by atoms with van der Waals surface area (Å²) in [6, 6.07) is 2.29. The Morgan fingerprint density at radius 1 is 1.14 bits per heavy atom. The van der Waals surface area contributed by atoms with Crippen LogP contribution in [-0.2, 0) is 19.2 Å². The van der Waals surface area contributed by atoms with Crippen molar-refractivity contribution in [3.63, 3.8) is 0 Å². The number of halogens is 4. The Morgan fingerprint density at radius 2 is 1.86 bits per heavy atom. The number of benzene rings is 1. The molecule has 1 aliphatic carbocycles. The predicted molar refractivity (Wildman–Crippen MR) is 123 cm³/mol. The highest BCUT2D eigenvalue weighted by atomic mass is 35.5. The minimum atomic E-state index is -4.53. The van der Waals surface area contributed by atoms with Gasteiger partial charge in [0.25, 0.3) is 11.8 Å². The summed E-state index contributed by atoms with van der Waals surface area (Å²) in [6.45, 7) is 0.488. The summed E-state index contributed by atoms with van der Waals surface area (Å²) in [5, 5.41) is 10.0. The number of rotatable bonds is 10. The SMILES string of the molecule is O=C(CCC(F)(F)F)Nc1ccc(Cl)cc1C(=O)NC(C[C@@H]1CCCNC1=O)C(=O)C(=O)NC1CC1. The summed E-state index contributed by atoms with van der Waals surface area (Å²) in [6.07, 6.45) is -4.24. The van der Waals surface area contributed by atoms with E-state index in [1.165, 1.54) is 18.2 Å². The van der Waals surface area contributed by atoms with Gasteiger partial charge in [0, 0.05) is 29.9 Å². The highest BCUT2D eigenvalue weighted by molar-refractivity contribution is 6.38. The summed E-state index contributed by atoms with van der Waals surface area (Å²) < 4.78 is 37.3. The number of alkyl halides is 3. The van der Waals surface area contributed by atoms with Gasteiger partial charge in [-0.2, -0.15) is 13.2 Å². The number of hydrogen-bond acceptors (Lipinski definition) is 5. The number of nitrogens with one attached hydrogen (secondary N) is 4. The van der Waals surface area contributed by atoms with Gasteiger partial charge in [-0.1, -0.05) is 11.6 Å². The van der Waals surface area contributed by atoms with Gasteiger partial charge in [-0.15, -0.1) is 0 Å². The van der Waals surface area contributed by atoms with Crippen molar-refractivity contribution in [1.82, 2.24) is 16.0 Å². The van der Waals surface area contributed by atoms with Crippen LogP contribution in [0.15, 0.2) is 18.2 Å². The van der Waals surface area contributed by atoms with Crippen LogP contribution < -0.4 is 21.3 Å². The number of carbonyl (C=O) groups excluding carboxylic acids is 5. The van der Waals surface area contributed by atoms with E-state index in [1.54, 1.807) is 0 Å². The molecule has 1 unspecified atom stereocenters. The number of Topliss-reactive ketones (excluding diaryl/α,β-unsaturated/α-hetero) is 1. The molecule has 2 atom stereocenters. The van der Waals surface area contributed by atoms with Gasteiger partial charge in [-0.3, -0.25) is 24.0 Å². The summed E-state index contributed by atoms with van der Waals surface area (Å²) in [5.41, 5.74) is -0.329. The lowest BCUT2D eigenvalue weighted by atomic mass is 9.89. The van der Waals surface area contributed by atoms with Gasteiger partial charge in [-0.25, -0.2) is 0 Å². The normalized spacial score (nSPS) is 18.6. The zero-order valence-electron chi connectivity index (χ0n) is 19.2. The molecule has 4 amide bonds. The van der Waals surface area contributed by atoms with Crippen LogP contribution in [0.2, 0.25) is 5.02 Å². The number of anilines is 1. The molecule has 196 valence electrons. The fourth-order valence-corrected chi connectivity index (χ4v) is 3.91. The lowest BCUT2D eigenvalue weighted by molar-refractivity contribution is -0.142. The molecule has 1 aromatic carbocycles. The second-order valence-corrected chi connectivity index (χ2v) is 9.29. The Balaban J connectivity index is 1.77. The van der Waals surface area contributed by atoms with Crippen molar-refractivity contribution in [3.8, 4) is 0 Å². The molecule has 13 heteroatoms. The molecule has 1 saturated heterocycles. The number of hydrogen-bond donors (Lipinski definition) is 4. The monoisotopic (exact) mass is 530 g/mol. The predicted octanol–water partition coefficient (Wildman–Crippen LogP) is 2.48. The second-order valence-electron chi connectivity index (χ2n) is 8.86. The van der Waals surface area contributed by atoms with Crippen LogP contribution in [-0.4, -0.2) is 54.2 Å². The van der Waals surface area contributed by atoms with Crippen LogP contribution in [0.5, 0.6) is 0 Å². The van der Waals surface area contributed by atoms with Gasteiger partial charge in [-0.05, 0) is 50.3 Å². The van der Waals surface area contributed by atoms with E-state index < -0.39 is 54.5 Å². The number of ketones is 1. The molecule has 2 aliphatic rings. The molecular weight excluding hydrogens is 505 g/mol. The maximum absolute atomic E-state index is 13.1. The Labute approximate surface area is 209 Å². The Hall–Kier alpha value is -3.15. The standard InChI is InChI=1S/C23H26ClF3N4O5/c24-13-3-6-16(30-18(32)7-8-23(25,26)27)15(11-13)21(35)31-17(10-12-2-1-9-28-20(12)34)19(33)22(36)29-14-4-5-14/h3,6,11-12,14,17H,1-2,4-5,7-10H2,(H,28,34)(H,29,36)(H,30,32)(H,31,35)/t12-,17?/m0/s1. The highest BCUT2D eigenvalue weighted by Crippen LogP contribution is 2.25. The quantitative estimate of drug-likeness (QED) is 0.345. The van der Waals surface area contributed by atoms with Crippen molar-refractivity contribution in [3.05, 3.63) is 28.8 Å². The van der Waals surface area contributed by atoms with Crippen molar-refractivity contribution in [2.75, 3.05) is 11.9 Å². The molecule has 2 fully saturated rings. The van der Waals surface area contributed by atoms with Gasteiger partial charge < -0.3 is 21.3 Å². The Morgan fingerprint density at radius 3 is 2.50 bits per heavy atom. The first-order chi connectivity index (χ1) is 16.9. The first-order valence-corrected chi connectivity index (χ1v) is 11.9. The maximum Gasteiger partial charge on any atom is 0.389 e. The van der Waals surface area contributed by atoms with Crippen LogP contribution in [0.25, 0.3) is 0 Å². The van der Waals surface area contributed by atoms with Crippen LogP contribution in [0.3, 0.4) is 0 Å².